The molecule has 0 aliphatic carbocycles. The summed E-state index contributed by atoms with van der Waals surface area (Å²) in [6, 6.07) is 5.08. The van der Waals surface area contributed by atoms with Gasteiger partial charge in [-0.25, -0.2) is 9.97 Å². The van der Waals surface area contributed by atoms with E-state index in [-0.39, 0.29) is 5.91 Å². The van der Waals surface area contributed by atoms with E-state index in [0.717, 1.165) is 38.3 Å². The van der Waals surface area contributed by atoms with Crippen LogP contribution in [0.15, 0.2) is 24.4 Å². The highest BCUT2D eigenvalue weighted by Crippen LogP contribution is 2.31. The van der Waals surface area contributed by atoms with Gasteiger partial charge in [-0.2, -0.15) is 0 Å². The van der Waals surface area contributed by atoms with Crippen LogP contribution < -0.4 is 15.0 Å². The second kappa shape index (κ2) is 8.54. The molecule has 0 atom stereocenters. The number of carbonyl (C=O) groups is 1. The van der Waals surface area contributed by atoms with E-state index in [1.165, 1.54) is 7.11 Å². The van der Waals surface area contributed by atoms with Crippen LogP contribution in [-0.4, -0.2) is 60.6 Å². The number of aryl methyl sites for hydroxylation is 1. The molecule has 1 amide bonds. The minimum absolute atomic E-state index is 0.313. The van der Waals surface area contributed by atoms with E-state index in [4.69, 9.17) is 16.3 Å². The topological polar surface area (TPSA) is 70.6 Å². The van der Waals surface area contributed by atoms with Gasteiger partial charge in [0.25, 0.3) is 5.91 Å². The fourth-order valence-corrected chi connectivity index (χ4v) is 3.16. The third-order valence-corrected chi connectivity index (χ3v) is 5.11. The number of carbonyl (C=O) groups excluding carboxylic acids is 1. The number of amides is 1. The molecule has 1 aliphatic heterocycles. The molecule has 1 aromatic carbocycles. The number of ether oxygens (including phenoxy) is 1. The molecule has 0 bridgehead atoms. The zero-order valence-electron chi connectivity index (χ0n) is 15.8. The fraction of sp³-hybridized carbons (Fsp3) is 0.421. The zero-order chi connectivity index (χ0) is 19.4. The summed E-state index contributed by atoms with van der Waals surface area (Å²) < 4.78 is 5.31. The number of nitrogens with zero attached hydrogens (tertiary/aromatic N) is 4. The molecule has 2 heterocycles. The maximum Gasteiger partial charge on any atom is 0.274 e. The molecular weight excluding hydrogens is 366 g/mol. The van der Waals surface area contributed by atoms with Crippen LogP contribution in [0.25, 0.3) is 0 Å². The quantitative estimate of drug-likeness (QED) is 0.847. The summed E-state index contributed by atoms with van der Waals surface area (Å²) in [5, 5.41) is 3.44. The molecule has 2 aromatic rings. The Morgan fingerprint density at radius 3 is 2.70 bits per heavy atom. The van der Waals surface area contributed by atoms with Crippen molar-refractivity contribution in [3.05, 3.63) is 40.7 Å². The number of piperazine rings is 1. The molecule has 3 rings (SSSR count). The first-order valence-corrected chi connectivity index (χ1v) is 9.35. The first kappa shape index (κ1) is 19.4. The number of rotatable bonds is 5. The zero-order valence-corrected chi connectivity index (χ0v) is 16.6. The Hall–Kier alpha value is -2.38. The van der Waals surface area contributed by atoms with Crippen LogP contribution >= 0.6 is 11.6 Å². The highest BCUT2D eigenvalue weighted by Gasteiger charge is 2.19. The molecule has 1 N–H and O–H groups in total. The average molecular weight is 390 g/mol. The van der Waals surface area contributed by atoms with Gasteiger partial charge in [-0.05, 0) is 31.2 Å². The number of benzene rings is 1. The largest absolute Gasteiger partial charge is 0.495 e. The van der Waals surface area contributed by atoms with Gasteiger partial charge < -0.3 is 19.9 Å². The Labute approximate surface area is 164 Å². The van der Waals surface area contributed by atoms with E-state index in [1.54, 1.807) is 24.4 Å². The van der Waals surface area contributed by atoms with Crippen LogP contribution in [0.4, 0.5) is 11.6 Å². The van der Waals surface area contributed by atoms with Crippen molar-refractivity contribution >= 4 is 29.1 Å². The minimum Gasteiger partial charge on any atom is -0.495 e. The van der Waals surface area contributed by atoms with Crippen molar-refractivity contribution in [2.45, 2.75) is 13.8 Å². The molecule has 0 unspecified atom stereocenters. The lowest BCUT2D eigenvalue weighted by atomic mass is 10.2. The lowest BCUT2D eigenvalue weighted by Gasteiger charge is -2.34. The monoisotopic (exact) mass is 389 g/mol. The number of likely N-dealkylation sites (N-methyl/N-ethyl adjacent to an activating group) is 1. The molecule has 0 spiro atoms. The minimum atomic E-state index is -0.314. The van der Waals surface area contributed by atoms with Crippen LogP contribution in [0, 0.1) is 6.92 Å². The second-order valence-electron chi connectivity index (χ2n) is 6.42. The molecule has 7 nitrogen and oxygen atoms in total. The summed E-state index contributed by atoms with van der Waals surface area (Å²) in [6.07, 6.45) is 1.62. The average Bonchev–Trinajstić information content (AvgIpc) is 2.70. The number of nitrogens with one attached hydrogen (secondary N) is 1. The van der Waals surface area contributed by atoms with Crippen LogP contribution in [0.2, 0.25) is 5.02 Å². The Morgan fingerprint density at radius 2 is 2.04 bits per heavy atom. The molecule has 1 saturated heterocycles. The Kier molecular flexibility index (Phi) is 6.13. The van der Waals surface area contributed by atoms with Crippen molar-refractivity contribution in [1.29, 1.82) is 0 Å². The number of aromatic nitrogens is 2. The highest BCUT2D eigenvalue weighted by molar-refractivity contribution is 6.31. The number of hydrogen-bond donors (Lipinski definition) is 1. The van der Waals surface area contributed by atoms with Gasteiger partial charge >= 0.3 is 0 Å². The van der Waals surface area contributed by atoms with Crippen molar-refractivity contribution in [3.8, 4) is 5.75 Å². The van der Waals surface area contributed by atoms with Crippen molar-refractivity contribution < 1.29 is 9.53 Å². The number of hydrogen-bond acceptors (Lipinski definition) is 6. The molecular formula is C19H24ClN5O2. The van der Waals surface area contributed by atoms with Crippen molar-refractivity contribution in [3.63, 3.8) is 0 Å². The summed E-state index contributed by atoms with van der Waals surface area (Å²) in [7, 11) is 1.54. The Balaban J connectivity index is 1.76. The van der Waals surface area contributed by atoms with Crippen LogP contribution in [0.5, 0.6) is 5.75 Å². The fourth-order valence-electron chi connectivity index (χ4n) is 3.01. The SMILES string of the molecule is CCN1CCN(c2nccc(C(=O)Nc3cc(C)c(Cl)cc3OC)n2)CC1. The summed E-state index contributed by atoms with van der Waals surface area (Å²) >= 11 is 6.12. The number of methoxy groups -OCH3 is 1. The third kappa shape index (κ3) is 4.48. The summed E-state index contributed by atoms with van der Waals surface area (Å²) in [5.41, 5.74) is 1.72. The number of halogens is 1. The van der Waals surface area contributed by atoms with E-state index < -0.39 is 0 Å². The second-order valence-corrected chi connectivity index (χ2v) is 6.83. The van der Waals surface area contributed by atoms with Gasteiger partial charge in [-0.1, -0.05) is 18.5 Å². The Bertz CT molecular complexity index is 822. The van der Waals surface area contributed by atoms with E-state index in [9.17, 15) is 4.79 Å². The third-order valence-electron chi connectivity index (χ3n) is 4.71. The molecule has 1 aliphatic rings. The molecule has 144 valence electrons. The molecule has 0 saturated carbocycles. The van der Waals surface area contributed by atoms with Gasteiger partial charge in [-0.3, -0.25) is 4.79 Å². The van der Waals surface area contributed by atoms with E-state index >= 15 is 0 Å². The van der Waals surface area contributed by atoms with Crippen LogP contribution in [0.1, 0.15) is 23.0 Å². The molecule has 27 heavy (non-hydrogen) atoms. The molecule has 8 heteroatoms. The van der Waals surface area contributed by atoms with Crippen LogP contribution in [0.3, 0.4) is 0 Å². The molecule has 1 fully saturated rings. The summed E-state index contributed by atoms with van der Waals surface area (Å²) in [5.74, 6) is 0.771. The number of anilines is 2. The standard InChI is InChI=1S/C19H24ClN5O2/c1-4-24-7-9-25(10-8-24)19-21-6-5-15(23-19)18(26)22-16-11-13(2)14(20)12-17(16)27-3/h5-6,11-12H,4,7-10H2,1-3H3,(H,22,26). The molecule has 1 aromatic heterocycles. The Morgan fingerprint density at radius 1 is 1.30 bits per heavy atom. The first-order valence-electron chi connectivity index (χ1n) is 8.97. The molecule has 0 radical (unpaired) electrons. The predicted molar refractivity (Wildman–Crippen MR) is 107 cm³/mol. The van der Waals surface area contributed by atoms with Gasteiger partial charge in [0.1, 0.15) is 11.4 Å². The predicted octanol–water partition coefficient (Wildman–Crippen LogP) is 2.84. The normalized spacial score (nSPS) is 14.9. The van der Waals surface area contributed by atoms with Gasteiger partial charge in [0, 0.05) is 43.5 Å². The smallest absolute Gasteiger partial charge is 0.274 e. The van der Waals surface area contributed by atoms with Crippen LogP contribution in [-0.2, 0) is 0 Å². The highest BCUT2D eigenvalue weighted by atomic mass is 35.5. The van der Waals surface area contributed by atoms with Crippen molar-refractivity contribution in [1.82, 2.24) is 14.9 Å². The summed E-state index contributed by atoms with van der Waals surface area (Å²) in [4.78, 5) is 26.0. The first-order chi connectivity index (χ1) is 13.0. The lowest BCUT2D eigenvalue weighted by Crippen LogP contribution is -2.46. The van der Waals surface area contributed by atoms with Crippen molar-refractivity contribution in [2.24, 2.45) is 0 Å². The maximum absolute atomic E-state index is 12.7. The van der Waals surface area contributed by atoms with Crippen molar-refractivity contribution in [2.75, 3.05) is 50.1 Å². The van der Waals surface area contributed by atoms with Gasteiger partial charge in [0.2, 0.25) is 5.95 Å². The van der Waals surface area contributed by atoms with E-state index in [2.05, 4.69) is 32.0 Å². The summed E-state index contributed by atoms with van der Waals surface area (Å²) in [6.45, 7) is 8.71. The van der Waals surface area contributed by atoms with Gasteiger partial charge in [0.05, 0.1) is 12.8 Å². The van der Waals surface area contributed by atoms with Gasteiger partial charge in [-0.15, -0.1) is 0 Å². The maximum atomic E-state index is 12.7. The van der Waals surface area contributed by atoms with E-state index in [0.29, 0.717) is 28.1 Å². The van der Waals surface area contributed by atoms with E-state index in [1.807, 2.05) is 6.92 Å². The van der Waals surface area contributed by atoms with Gasteiger partial charge in [0.15, 0.2) is 0 Å². The lowest BCUT2D eigenvalue weighted by molar-refractivity contribution is 0.102.